The van der Waals surface area contributed by atoms with Crippen LogP contribution in [0.4, 0.5) is 0 Å². The fourth-order valence-corrected chi connectivity index (χ4v) is 1.44. The molecule has 0 spiro atoms. The van der Waals surface area contributed by atoms with E-state index in [2.05, 4.69) is 22.0 Å². The van der Waals surface area contributed by atoms with Crippen LogP contribution in [0.5, 0.6) is 5.75 Å². The highest BCUT2D eigenvalue weighted by molar-refractivity contribution is 9.10. The summed E-state index contributed by atoms with van der Waals surface area (Å²) in [6, 6.07) is 7.85. The molecule has 1 aromatic rings. The summed E-state index contributed by atoms with van der Waals surface area (Å²) in [5, 5.41) is 8.36. The summed E-state index contributed by atoms with van der Waals surface area (Å²) in [6.45, 7) is 0. The van der Waals surface area contributed by atoms with Crippen molar-refractivity contribution in [3.8, 4) is 11.8 Å². The summed E-state index contributed by atoms with van der Waals surface area (Å²) in [7, 11) is 1.63. The lowest BCUT2D eigenvalue weighted by atomic mass is 10.2. The lowest BCUT2D eigenvalue weighted by molar-refractivity contribution is 0.412. The van der Waals surface area contributed by atoms with Gasteiger partial charge in [0.1, 0.15) is 5.75 Å². The van der Waals surface area contributed by atoms with Crippen molar-refractivity contribution in [3.05, 3.63) is 34.3 Å². The second kappa shape index (κ2) is 5.46. The standard InChI is InChI=1S/C11H10BrNO/c1-14-11-8-9(4-2-3-7-13)5-6-10(11)12/h2,4-6,8H,3H2,1H3. The number of rotatable bonds is 3. The number of hydrogen-bond donors (Lipinski definition) is 0. The number of halogens is 1. The molecule has 1 aromatic carbocycles. The Morgan fingerprint density at radius 2 is 2.36 bits per heavy atom. The number of allylic oxidation sites excluding steroid dienone is 1. The molecule has 0 fully saturated rings. The van der Waals surface area contributed by atoms with E-state index in [4.69, 9.17) is 10.00 Å². The first-order valence-electron chi connectivity index (χ1n) is 4.15. The maximum absolute atomic E-state index is 8.36. The van der Waals surface area contributed by atoms with Crippen LogP contribution in [0.3, 0.4) is 0 Å². The largest absolute Gasteiger partial charge is 0.496 e. The molecule has 0 aliphatic heterocycles. The molecule has 0 saturated heterocycles. The zero-order chi connectivity index (χ0) is 10.4. The van der Waals surface area contributed by atoms with Gasteiger partial charge >= 0.3 is 0 Å². The smallest absolute Gasteiger partial charge is 0.133 e. The third-order valence-electron chi connectivity index (χ3n) is 1.69. The lowest BCUT2D eigenvalue weighted by Crippen LogP contribution is -1.84. The second-order valence-corrected chi connectivity index (χ2v) is 3.51. The Hall–Kier alpha value is -1.27. The van der Waals surface area contributed by atoms with Gasteiger partial charge in [-0.1, -0.05) is 18.2 Å². The Bertz CT molecular complexity index is 379. The summed E-state index contributed by atoms with van der Waals surface area (Å²) in [6.07, 6.45) is 4.15. The minimum Gasteiger partial charge on any atom is -0.496 e. The Morgan fingerprint density at radius 3 is 3.00 bits per heavy atom. The molecule has 0 aliphatic rings. The van der Waals surface area contributed by atoms with Crippen molar-refractivity contribution in [1.29, 1.82) is 5.26 Å². The van der Waals surface area contributed by atoms with Crippen molar-refractivity contribution < 1.29 is 4.74 Å². The molecule has 0 atom stereocenters. The average molecular weight is 252 g/mol. The number of benzene rings is 1. The number of nitriles is 1. The van der Waals surface area contributed by atoms with Crippen molar-refractivity contribution in [3.63, 3.8) is 0 Å². The molecule has 72 valence electrons. The molecule has 0 radical (unpaired) electrons. The van der Waals surface area contributed by atoms with Gasteiger partial charge in [-0.2, -0.15) is 5.26 Å². The highest BCUT2D eigenvalue weighted by atomic mass is 79.9. The molecule has 3 heteroatoms. The summed E-state index contributed by atoms with van der Waals surface area (Å²) in [4.78, 5) is 0. The maximum atomic E-state index is 8.36. The first kappa shape index (κ1) is 10.8. The summed E-state index contributed by atoms with van der Waals surface area (Å²) in [5.74, 6) is 0.795. The van der Waals surface area contributed by atoms with E-state index in [0.29, 0.717) is 6.42 Å². The van der Waals surface area contributed by atoms with Gasteiger partial charge in [0.25, 0.3) is 0 Å². The Balaban J connectivity index is 2.85. The number of ether oxygens (including phenoxy) is 1. The number of hydrogen-bond acceptors (Lipinski definition) is 2. The van der Waals surface area contributed by atoms with Gasteiger partial charge in [-0.25, -0.2) is 0 Å². The van der Waals surface area contributed by atoms with Gasteiger partial charge in [0, 0.05) is 0 Å². The van der Waals surface area contributed by atoms with Gasteiger partial charge in [0.2, 0.25) is 0 Å². The molecule has 0 heterocycles. The van der Waals surface area contributed by atoms with Crippen LogP contribution in [0.2, 0.25) is 0 Å². The Kier molecular flexibility index (Phi) is 4.21. The van der Waals surface area contributed by atoms with Crippen LogP contribution < -0.4 is 4.74 Å². The van der Waals surface area contributed by atoms with Gasteiger partial charge < -0.3 is 4.74 Å². The molecule has 14 heavy (non-hydrogen) atoms. The van der Waals surface area contributed by atoms with Gasteiger partial charge in [0.05, 0.1) is 24.1 Å². The number of nitrogens with zero attached hydrogens (tertiary/aromatic N) is 1. The van der Waals surface area contributed by atoms with E-state index in [0.717, 1.165) is 15.8 Å². The minimum atomic E-state index is 0.429. The van der Waals surface area contributed by atoms with Crippen LogP contribution in [0.15, 0.2) is 28.7 Å². The van der Waals surface area contributed by atoms with Gasteiger partial charge in [0.15, 0.2) is 0 Å². The van der Waals surface area contributed by atoms with E-state index in [1.165, 1.54) is 0 Å². The van der Waals surface area contributed by atoms with E-state index < -0.39 is 0 Å². The summed E-state index contributed by atoms with van der Waals surface area (Å²) >= 11 is 3.37. The van der Waals surface area contributed by atoms with E-state index in [-0.39, 0.29) is 0 Å². The van der Waals surface area contributed by atoms with Gasteiger partial charge in [-0.05, 0) is 33.6 Å². The van der Waals surface area contributed by atoms with Crippen LogP contribution in [0.1, 0.15) is 12.0 Å². The molecule has 0 aromatic heterocycles. The van der Waals surface area contributed by atoms with E-state index >= 15 is 0 Å². The van der Waals surface area contributed by atoms with Crippen molar-refractivity contribution >= 4 is 22.0 Å². The average Bonchev–Trinajstić information content (AvgIpc) is 2.21. The minimum absolute atomic E-state index is 0.429. The van der Waals surface area contributed by atoms with Gasteiger partial charge in [-0.15, -0.1) is 0 Å². The van der Waals surface area contributed by atoms with Crippen LogP contribution >= 0.6 is 15.9 Å². The third kappa shape index (κ3) is 2.90. The van der Waals surface area contributed by atoms with Crippen LogP contribution in [0, 0.1) is 11.3 Å². The quantitative estimate of drug-likeness (QED) is 0.826. The monoisotopic (exact) mass is 251 g/mol. The van der Waals surface area contributed by atoms with E-state index in [1.54, 1.807) is 7.11 Å². The van der Waals surface area contributed by atoms with E-state index in [1.807, 2.05) is 30.4 Å². The zero-order valence-electron chi connectivity index (χ0n) is 7.83. The predicted molar refractivity (Wildman–Crippen MR) is 60.0 cm³/mol. The molecule has 2 nitrogen and oxygen atoms in total. The molecule has 0 unspecified atom stereocenters. The highest BCUT2D eigenvalue weighted by Gasteiger charge is 1.98. The molecular formula is C11H10BrNO. The normalized spacial score (nSPS) is 10.1. The van der Waals surface area contributed by atoms with Crippen LogP contribution in [-0.4, -0.2) is 7.11 Å². The highest BCUT2D eigenvalue weighted by Crippen LogP contribution is 2.25. The Labute approximate surface area is 91.9 Å². The second-order valence-electron chi connectivity index (χ2n) is 2.66. The lowest BCUT2D eigenvalue weighted by Gasteiger charge is -2.03. The third-order valence-corrected chi connectivity index (χ3v) is 2.35. The van der Waals surface area contributed by atoms with Crippen molar-refractivity contribution in [2.45, 2.75) is 6.42 Å². The number of methoxy groups -OCH3 is 1. The molecule has 0 N–H and O–H groups in total. The first-order chi connectivity index (χ1) is 6.77. The van der Waals surface area contributed by atoms with Crippen molar-refractivity contribution in [2.75, 3.05) is 7.11 Å². The predicted octanol–water partition coefficient (Wildman–Crippen LogP) is 3.38. The fraction of sp³-hybridized carbons (Fsp3) is 0.182. The Morgan fingerprint density at radius 1 is 1.57 bits per heavy atom. The van der Waals surface area contributed by atoms with Gasteiger partial charge in [-0.3, -0.25) is 0 Å². The molecule has 0 amide bonds. The fourth-order valence-electron chi connectivity index (χ4n) is 1.03. The van der Waals surface area contributed by atoms with Crippen LogP contribution in [-0.2, 0) is 0 Å². The van der Waals surface area contributed by atoms with E-state index in [9.17, 15) is 0 Å². The molecule has 1 rings (SSSR count). The molecule has 0 saturated carbocycles. The zero-order valence-corrected chi connectivity index (χ0v) is 9.41. The molecule has 0 bridgehead atoms. The first-order valence-corrected chi connectivity index (χ1v) is 4.94. The topological polar surface area (TPSA) is 33.0 Å². The molecule has 0 aliphatic carbocycles. The van der Waals surface area contributed by atoms with Crippen molar-refractivity contribution in [1.82, 2.24) is 0 Å². The summed E-state index contributed by atoms with van der Waals surface area (Å²) < 4.78 is 6.07. The van der Waals surface area contributed by atoms with Crippen LogP contribution in [0.25, 0.3) is 6.08 Å². The summed E-state index contributed by atoms with van der Waals surface area (Å²) in [5.41, 5.74) is 1.03. The van der Waals surface area contributed by atoms with Crippen molar-refractivity contribution in [2.24, 2.45) is 0 Å². The maximum Gasteiger partial charge on any atom is 0.133 e. The SMILES string of the molecule is COc1cc(C=CCC#N)ccc1Br. The molecular weight excluding hydrogens is 242 g/mol.